The first-order valence-corrected chi connectivity index (χ1v) is 6.79. The van der Waals surface area contributed by atoms with Gasteiger partial charge in [0, 0.05) is 24.2 Å². The van der Waals surface area contributed by atoms with Gasteiger partial charge in [-0.15, -0.1) is 0 Å². The lowest BCUT2D eigenvalue weighted by Crippen LogP contribution is -2.20. The van der Waals surface area contributed by atoms with E-state index in [4.69, 9.17) is 10.5 Å². The molecule has 116 valence electrons. The molecular formula is C14H21N3O4. The van der Waals surface area contributed by atoms with Crippen molar-refractivity contribution in [2.24, 2.45) is 11.7 Å². The predicted molar refractivity (Wildman–Crippen MR) is 78.9 cm³/mol. The lowest BCUT2D eigenvalue weighted by Gasteiger charge is -2.12. The van der Waals surface area contributed by atoms with E-state index in [0.717, 1.165) is 6.54 Å². The van der Waals surface area contributed by atoms with E-state index in [9.17, 15) is 14.9 Å². The normalized spacial score (nSPS) is 10.6. The molecule has 0 atom stereocenters. The summed E-state index contributed by atoms with van der Waals surface area (Å²) in [6.07, 6.45) is 0.107. The number of non-ortho nitro benzene ring substituents is 1. The molecule has 0 fully saturated rings. The van der Waals surface area contributed by atoms with Crippen molar-refractivity contribution in [3.8, 4) is 5.75 Å². The number of carbonyl (C=O) groups excluding carboxylic acids is 1. The van der Waals surface area contributed by atoms with Crippen LogP contribution < -0.4 is 15.8 Å². The minimum atomic E-state index is -0.448. The Morgan fingerprint density at radius 2 is 2.19 bits per heavy atom. The molecule has 0 aliphatic heterocycles. The van der Waals surface area contributed by atoms with Crippen LogP contribution in [-0.2, 0) is 11.3 Å². The molecule has 1 aromatic carbocycles. The van der Waals surface area contributed by atoms with Crippen LogP contribution in [0.15, 0.2) is 18.2 Å². The number of hydrogen-bond acceptors (Lipinski definition) is 5. The van der Waals surface area contributed by atoms with Crippen LogP contribution in [0.5, 0.6) is 5.75 Å². The van der Waals surface area contributed by atoms with Gasteiger partial charge in [-0.25, -0.2) is 0 Å². The quantitative estimate of drug-likeness (QED) is 0.531. The molecule has 0 bridgehead atoms. The van der Waals surface area contributed by atoms with Gasteiger partial charge in [-0.2, -0.15) is 0 Å². The molecule has 0 radical (unpaired) electrons. The zero-order valence-corrected chi connectivity index (χ0v) is 12.3. The van der Waals surface area contributed by atoms with E-state index in [0.29, 0.717) is 23.8 Å². The third-order valence-corrected chi connectivity index (χ3v) is 2.73. The summed E-state index contributed by atoms with van der Waals surface area (Å²) in [6, 6.07) is 4.41. The van der Waals surface area contributed by atoms with Gasteiger partial charge in [0.05, 0.1) is 18.0 Å². The van der Waals surface area contributed by atoms with Crippen LogP contribution in [-0.4, -0.2) is 24.0 Å². The Bertz CT molecular complexity index is 503. The summed E-state index contributed by atoms with van der Waals surface area (Å²) in [5, 5.41) is 14.0. The Morgan fingerprint density at radius 3 is 2.76 bits per heavy atom. The van der Waals surface area contributed by atoms with Crippen LogP contribution in [0.4, 0.5) is 5.69 Å². The van der Waals surface area contributed by atoms with Crippen molar-refractivity contribution in [1.29, 1.82) is 0 Å². The third kappa shape index (κ3) is 6.22. The largest absolute Gasteiger partial charge is 0.493 e. The van der Waals surface area contributed by atoms with Gasteiger partial charge in [-0.1, -0.05) is 13.8 Å². The topological polar surface area (TPSA) is 107 Å². The minimum absolute atomic E-state index is 0.0126. The van der Waals surface area contributed by atoms with Gasteiger partial charge >= 0.3 is 0 Å². The highest BCUT2D eigenvalue weighted by molar-refractivity contribution is 5.73. The van der Waals surface area contributed by atoms with E-state index in [1.54, 1.807) is 6.07 Å². The number of nitrogens with one attached hydrogen (secondary N) is 1. The van der Waals surface area contributed by atoms with Crippen molar-refractivity contribution in [3.63, 3.8) is 0 Å². The molecule has 0 spiro atoms. The highest BCUT2D eigenvalue weighted by atomic mass is 16.6. The molecule has 7 nitrogen and oxygen atoms in total. The van der Waals surface area contributed by atoms with Crippen LogP contribution in [0.25, 0.3) is 0 Å². The average molecular weight is 295 g/mol. The first kappa shape index (κ1) is 16.9. The number of benzene rings is 1. The van der Waals surface area contributed by atoms with Crippen LogP contribution in [0.1, 0.15) is 25.8 Å². The fraction of sp³-hybridized carbons (Fsp3) is 0.500. The number of nitro groups is 1. The van der Waals surface area contributed by atoms with Crippen LogP contribution >= 0.6 is 0 Å². The second-order valence-corrected chi connectivity index (χ2v) is 5.14. The highest BCUT2D eigenvalue weighted by Crippen LogP contribution is 2.24. The van der Waals surface area contributed by atoms with Crippen molar-refractivity contribution in [1.82, 2.24) is 5.32 Å². The molecule has 0 saturated heterocycles. The number of rotatable bonds is 9. The first-order chi connectivity index (χ1) is 9.90. The van der Waals surface area contributed by atoms with Crippen molar-refractivity contribution >= 4 is 11.6 Å². The molecule has 3 N–H and O–H groups in total. The molecule has 7 heteroatoms. The number of nitro benzene ring substituents is 1. The highest BCUT2D eigenvalue weighted by Gasteiger charge is 2.12. The van der Waals surface area contributed by atoms with Gasteiger partial charge in [0.15, 0.2) is 0 Å². The SMILES string of the molecule is CC(C)CNCc1cc([N+](=O)[O-])ccc1OCCC(N)=O. The second kappa shape index (κ2) is 8.21. The van der Waals surface area contributed by atoms with E-state index in [-0.39, 0.29) is 18.7 Å². The molecule has 1 amide bonds. The Labute approximate surface area is 123 Å². The standard InChI is InChI=1S/C14H21N3O4/c1-10(2)8-16-9-11-7-12(17(19)20)3-4-13(11)21-6-5-14(15)18/h3-4,7,10,16H,5-6,8-9H2,1-2H3,(H2,15,18). The number of ether oxygens (including phenoxy) is 1. The first-order valence-electron chi connectivity index (χ1n) is 6.79. The van der Waals surface area contributed by atoms with Crippen molar-refractivity contribution < 1.29 is 14.5 Å². The van der Waals surface area contributed by atoms with Crippen molar-refractivity contribution in [3.05, 3.63) is 33.9 Å². The summed E-state index contributed by atoms with van der Waals surface area (Å²) in [5.41, 5.74) is 5.75. The Kier molecular flexibility index (Phi) is 6.61. The molecular weight excluding hydrogens is 274 g/mol. The molecule has 0 heterocycles. The molecule has 1 aromatic rings. The van der Waals surface area contributed by atoms with Crippen LogP contribution in [0, 0.1) is 16.0 Å². The molecule has 0 aliphatic rings. The lowest BCUT2D eigenvalue weighted by atomic mass is 10.1. The van der Waals surface area contributed by atoms with Gasteiger partial charge in [-0.05, 0) is 18.5 Å². The summed E-state index contributed by atoms with van der Waals surface area (Å²) in [7, 11) is 0. The fourth-order valence-corrected chi connectivity index (χ4v) is 1.72. The summed E-state index contributed by atoms with van der Waals surface area (Å²) < 4.78 is 5.48. The Hall–Kier alpha value is -2.15. The van der Waals surface area contributed by atoms with E-state index < -0.39 is 10.8 Å². The Morgan fingerprint density at radius 1 is 1.48 bits per heavy atom. The Balaban J connectivity index is 2.78. The molecule has 0 saturated carbocycles. The number of nitrogens with zero attached hydrogens (tertiary/aromatic N) is 1. The molecule has 0 aromatic heterocycles. The fourth-order valence-electron chi connectivity index (χ4n) is 1.72. The van der Waals surface area contributed by atoms with E-state index >= 15 is 0 Å². The summed E-state index contributed by atoms with van der Waals surface area (Å²) in [5.74, 6) is 0.553. The van der Waals surface area contributed by atoms with Crippen LogP contribution in [0.3, 0.4) is 0 Å². The number of amides is 1. The van der Waals surface area contributed by atoms with Gasteiger partial charge < -0.3 is 15.8 Å². The zero-order chi connectivity index (χ0) is 15.8. The smallest absolute Gasteiger partial charge is 0.270 e. The van der Waals surface area contributed by atoms with E-state index in [1.165, 1.54) is 12.1 Å². The number of hydrogen-bond donors (Lipinski definition) is 2. The maximum atomic E-state index is 10.8. The minimum Gasteiger partial charge on any atom is -0.493 e. The molecule has 0 unspecified atom stereocenters. The molecule has 0 aliphatic carbocycles. The maximum Gasteiger partial charge on any atom is 0.270 e. The lowest BCUT2D eigenvalue weighted by molar-refractivity contribution is -0.384. The second-order valence-electron chi connectivity index (χ2n) is 5.14. The summed E-state index contributed by atoms with van der Waals surface area (Å²) >= 11 is 0. The van der Waals surface area contributed by atoms with Gasteiger partial charge in [0.2, 0.25) is 5.91 Å². The maximum absolute atomic E-state index is 10.8. The monoisotopic (exact) mass is 295 g/mol. The van der Waals surface area contributed by atoms with Crippen molar-refractivity contribution in [2.75, 3.05) is 13.2 Å². The van der Waals surface area contributed by atoms with Gasteiger partial charge in [0.25, 0.3) is 5.69 Å². The van der Waals surface area contributed by atoms with Gasteiger partial charge in [-0.3, -0.25) is 14.9 Å². The van der Waals surface area contributed by atoms with Crippen LogP contribution in [0.2, 0.25) is 0 Å². The van der Waals surface area contributed by atoms with E-state index in [2.05, 4.69) is 19.2 Å². The third-order valence-electron chi connectivity index (χ3n) is 2.73. The number of primary amides is 1. The number of nitrogens with two attached hydrogens (primary N) is 1. The zero-order valence-electron chi connectivity index (χ0n) is 12.3. The summed E-state index contributed by atoms with van der Waals surface area (Å²) in [6.45, 7) is 5.56. The molecule has 1 rings (SSSR count). The summed E-state index contributed by atoms with van der Waals surface area (Å²) in [4.78, 5) is 21.1. The van der Waals surface area contributed by atoms with Crippen molar-refractivity contribution in [2.45, 2.75) is 26.8 Å². The van der Waals surface area contributed by atoms with E-state index in [1.807, 2.05) is 0 Å². The molecule has 21 heavy (non-hydrogen) atoms. The van der Waals surface area contributed by atoms with Gasteiger partial charge in [0.1, 0.15) is 5.75 Å². The average Bonchev–Trinajstić information content (AvgIpc) is 2.39. The number of carbonyl (C=O) groups is 1. The predicted octanol–water partition coefficient (Wildman–Crippen LogP) is 1.59.